The molecule has 0 unspecified atom stereocenters. The van der Waals surface area contributed by atoms with Gasteiger partial charge in [-0.15, -0.1) is 0 Å². The van der Waals surface area contributed by atoms with E-state index in [4.69, 9.17) is 0 Å². The van der Waals surface area contributed by atoms with Crippen LogP contribution < -0.4 is 5.32 Å². The molecule has 0 saturated carbocycles. The van der Waals surface area contributed by atoms with Gasteiger partial charge in [0.25, 0.3) is 0 Å². The number of aromatic nitrogens is 2. The van der Waals surface area contributed by atoms with Crippen LogP contribution in [0.2, 0.25) is 0 Å². The first-order chi connectivity index (χ1) is 8.20. The topological polar surface area (TPSA) is 67.0 Å². The largest absolute Gasteiger partial charge is 0.453 e. The third kappa shape index (κ3) is 2.65. The van der Waals surface area contributed by atoms with Gasteiger partial charge in [-0.1, -0.05) is 15.9 Å². The molecule has 0 atom stereocenters. The van der Waals surface area contributed by atoms with E-state index in [0.717, 1.165) is 15.7 Å². The molecule has 0 saturated heterocycles. The lowest BCUT2D eigenvalue weighted by molar-refractivity contribution is 0.187. The summed E-state index contributed by atoms with van der Waals surface area (Å²) in [5.41, 5.74) is 2.53. The zero-order valence-electron chi connectivity index (χ0n) is 9.03. The van der Waals surface area contributed by atoms with Gasteiger partial charge in [-0.05, 0) is 18.2 Å². The van der Waals surface area contributed by atoms with E-state index < -0.39 is 6.09 Å². The fourth-order valence-corrected chi connectivity index (χ4v) is 1.98. The number of halogens is 1. The summed E-state index contributed by atoms with van der Waals surface area (Å²) in [6.07, 6.45) is 2.85. The minimum absolute atomic E-state index is 0.494. The van der Waals surface area contributed by atoms with Gasteiger partial charge in [-0.2, -0.15) is 0 Å². The molecule has 1 amide bonds. The number of hydrogen-bond acceptors (Lipinski definition) is 3. The van der Waals surface area contributed by atoms with E-state index in [9.17, 15) is 4.79 Å². The maximum atomic E-state index is 11.0. The summed E-state index contributed by atoms with van der Waals surface area (Å²) in [4.78, 5) is 18.0. The predicted octanol–water partition coefficient (Wildman–Crippen LogP) is 3.02. The highest BCUT2D eigenvalue weighted by Crippen LogP contribution is 2.29. The molecule has 0 aliphatic rings. The van der Waals surface area contributed by atoms with Crippen molar-refractivity contribution in [2.75, 3.05) is 12.4 Å². The number of hydrogen-bond donors (Lipinski definition) is 2. The minimum atomic E-state index is -0.494. The molecule has 0 aliphatic heterocycles. The van der Waals surface area contributed by atoms with Crippen LogP contribution in [-0.4, -0.2) is 23.2 Å². The first-order valence-electron chi connectivity index (χ1n) is 4.84. The van der Waals surface area contributed by atoms with E-state index in [0.29, 0.717) is 5.69 Å². The van der Waals surface area contributed by atoms with Crippen LogP contribution in [0.1, 0.15) is 0 Å². The van der Waals surface area contributed by atoms with Gasteiger partial charge in [-0.25, -0.2) is 9.78 Å². The number of H-pyrrole nitrogens is 1. The van der Waals surface area contributed by atoms with Crippen LogP contribution in [0, 0.1) is 0 Å². The lowest BCUT2D eigenvalue weighted by atomic mass is 10.1. The highest BCUT2D eigenvalue weighted by atomic mass is 79.9. The van der Waals surface area contributed by atoms with Crippen molar-refractivity contribution in [2.24, 2.45) is 0 Å². The van der Waals surface area contributed by atoms with E-state index >= 15 is 0 Å². The SMILES string of the molecule is COC(=O)Nc1ccc(-c2cnc[nH]2)c(Br)c1. The molecule has 0 bridgehead atoms. The Morgan fingerprint density at radius 2 is 2.35 bits per heavy atom. The van der Waals surface area contributed by atoms with Gasteiger partial charge in [0, 0.05) is 15.7 Å². The molecular weight excluding hydrogens is 286 g/mol. The molecule has 6 heteroatoms. The number of carbonyl (C=O) groups excluding carboxylic acids is 1. The van der Waals surface area contributed by atoms with Crippen molar-refractivity contribution >= 4 is 27.7 Å². The van der Waals surface area contributed by atoms with E-state index in [-0.39, 0.29) is 0 Å². The van der Waals surface area contributed by atoms with Gasteiger partial charge < -0.3 is 9.72 Å². The normalized spacial score (nSPS) is 10.0. The minimum Gasteiger partial charge on any atom is -0.453 e. The number of methoxy groups -OCH3 is 1. The van der Waals surface area contributed by atoms with Crippen molar-refractivity contribution in [3.8, 4) is 11.3 Å². The lowest BCUT2D eigenvalue weighted by Gasteiger charge is -2.06. The Bertz CT molecular complexity index is 526. The van der Waals surface area contributed by atoms with Crippen LogP contribution in [0.4, 0.5) is 10.5 Å². The summed E-state index contributed by atoms with van der Waals surface area (Å²) in [5, 5.41) is 2.59. The second kappa shape index (κ2) is 5.01. The molecule has 0 aliphatic carbocycles. The molecule has 17 heavy (non-hydrogen) atoms. The molecular formula is C11H10BrN3O2. The van der Waals surface area contributed by atoms with E-state index in [1.54, 1.807) is 24.7 Å². The van der Waals surface area contributed by atoms with Crippen LogP contribution in [0.3, 0.4) is 0 Å². The molecule has 2 rings (SSSR count). The monoisotopic (exact) mass is 295 g/mol. The molecule has 0 radical (unpaired) electrons. The zero-order valence-corrected chi connectivity index (χ0v) is 10.6. The number of anilines is 1. The van der Waals surface area contributed by atoms with E-state index in [2.05, 4.69) is 36.0 Å². The second-order valence-electron chi connectivity index (χ2n) is 3.28. The van der Waals surface area contributed by atoms with Crippen LogP contribution in [-0.2, 0) is 4.74 Å². The highest BCUT2D eigenvalue weighted by Gasteiger charge is 2.07. The number of aromatic amines is 1. The van der Waals surface area contributed by atoms with Crippen molar-refractivity contribution in [1.82, 2.24) is 9.97 Å². The number of rotatable bonds is 2. The quantitative estimate of drug-likeness (QED) is 0.895. The molecule has 88 valence electrons. The standard InChI is InChI=1S/C11H10BrN3O2/c1-17-11(16)15-7-2-3-8(9(12)4-7)10-5-13-6-14-10/h2-6H,1H3,(H,13,14)(H,15,16). The lowest BCUT2D eigenvalue weighted by Crippen LogP contribution is -2.10. The van der Waals surface area contributed by atoms with Gasteiger partial charge in [0.05, 0.1) is 25.3 Å². The third-order valence-corrected chi connectivity index (χ3v) is 2.85. The Morgan fingerprint density at radius 1 is 1.53 bits per heavy atom. The van der Waals surface area contributed by atoms with Crippen LogP contribution >= 0.6 is 15.9 Å². The molecule has 0 fully saturated rings. The number of carbonyl (C=O) groups is 1. The molecule has 1 aromatic carbocycles. The number of imidazole rings is 1. The predicted molar refractivity (Wildman–Crippen MR) is 67.8 cm³/mol. The van der Waals surface area contributed by atoms with Gasteiger partial charge >= 0.3 is 6.09 Å². The molecule has 0 spiro atoms. The van der Waals surface area contributed by atoms with Crippen molar-refractivity contribution < 1.29 is 9.53 Å². The first-order valence-corrected chi connectivity index (χ1v) is 5.63. The first kappa shape index (κ1) is 11.7. The summed E-state index contributed by atoms with van der Waals surface area (Å²) >= 11 is 3.44. The maximum absolute atomic E-state index is 11.0. The Balaban J connectivity index is 2.26. The summed E-state index contributed by atoms with van der Waals surface area (Å²) in [5.74, 6) is 0. The van der Waals surface area contributed by atoms with Crippen LogP contribution in [0.5, 0.6) is 0 Å². The van der Waals surface area contributed by atoms with Gasteiger partial charge in [0.15, 0.2) is 0 Å². The Morgan fingerprint density at radius 3 is 2.94 bits per heavy atom. The average molecular weight is 296 g/mol. The van der Waals surface area contributed by atoms with Gasteiger partial charge in [0.1, 0.15) is 0 Å². The maximum Gasteiger partial charge on any atom is 0.411 e. The smallest absolute Gasteiger partial charge is 0.411 e. The number of ether oxygens (including phenoxy) is 1. The van der Waals surface area contributed by atoms with Crippen molar-refractivity contribution in [2.45, 2.75) is 0 Å². The second-order valence-corrected chi connectivity index (χ2v) is 4.13. The van der Waals surface area contributed by atoms with Crippen molar-refractivity contribution in [3.63, 3.8) is 0 Å². The Labute approximate surface area is 106 Å². The summed E-state index contributed by atoms with van der Waals surface area (Å²) < 4.78 is 5.37. The van der Waals surface area contributed by atoms with Crippen molar-refractivity contribution in [3.05, 3.63) is 35.2 Å². The number of amides is 1. The van der Waals surface area contributed by atoms with Gasteiger partial charge in [-0.3, -0.25) is 5.32 Å². The molecule has 1 aromatic heterocycles. The summed E-state index contributed by atoms with van der Waals surface area (Å²) in [6.45, 7) is 0. The van der Waals surface area contributed by atoms with Crippen LogP contribution in [0.15, 0.2) is 35.2 Å². The van der Waals surface area contributed by atoms with Crippen molar-refractivity contribution in [1.29, 1.82) is 0 Å². The number of benzene rings is 1. The van der Waals surface area contributed by atoms with E-state index in [1.807, 2.05) is 6.07 Å². The number of nitrogens with one attached hydrogen (secondary N) is 2. The molecule has 2 N–H and O–H groups in total. The third-order valence-electron chi connectivity index (χ3n) is 2.19. The van der Waals surface area contributed by atoms with E-state index in [1.165, 1.54) is 7.11 Å². The summed E-state index contributed by atoms with van der Waals surface area (Å²) in [7, 11) is 1.32. The van der Waals surface area contributed by atoms with Crippen LogP contribution in [0.25, 0.3) is 11.3 Å². The number of nitrogens with zero attached hydrogens (tertiary/aromatic N) is 1. The molecule has 1 heterocycles. The Hall–Kier alpha value is -1.82. The fraction of sp³-hybridized carbons (Fsp3) is 0.0909. The molecule has 5 nitrogen and oxygen atoms in total. The average Bonchev–Trinajstić information content (AvgIpc) is 2.82. The zero-order chi connectivity index (χ0) is 12.3. The Kier molecular flexibility index (Phi) is 3.43. The van der Waals surface area contributed by atoms with Gasteiger partial charge in [0.2, 0.25) is 0 Å². The highest BCUT2D eigenvalue weighted by molar-refractivity contribution is 9.10. The summed E-state index contributed by atoms with van der Waals surface area (Å²) in [6, 6.07) is 5.47. The fourth-order valence-electron chi connectivity index (χ4n) is 1.38. The molecule has 2 aromatic rings.